The fourth-order valence-electron chi connectivity index (χ4n) is 1.82. The van der Waals surface area contributed by atoms with Gasteiger partial charge in [-0.2, -0.15) is 0 Å². The zero-order chi connectivity index (χ0) is 14.4. The summed E-state index contributed by atoms with van der Waals surface area (Å²) in [5.41, 5.74) is 0.583. The summed E-state index contributed by atoms with van der Waals surface area (Å²) >= 11 is 0. The molecule has 1 aromatic carbocycles. The standard InChI is InChI=1S/C15H23F2NO/c1-5-6-11(4)19-15-13(16)7-12(8-14(15)17)9-18-10(2)3/h7-8,10-11,18H,5-6,9H2,1-4H3. The summed E-state index contributed by atoms with van der Waals surface area (Å²) in [7, 11) is 0. The SMILES string of the molecule is CCCC(C)Oc1c(F)cc(CNC(C)C)cc1F. The molecule has 1 N–H and O–H groups in total. The highest BCUT2D eigenvalue weighted by Gasteiger charge is 2.15. The quantitative estimate of drug-likeness (QED) is 0.808. The van der Waals surface area contributed by atoms with Gasteiger partial charge in [0, 0.05) is 12.6 Å². The van der Waals surface area contributed by atoms with Gasteiger partial charge in [-0.3, -0.25) is 0 Å². The van der Waals surface area contributed by atoms with E-state index in [2.05, 4.69) is 5.32 Å². The molecule has 1 unspecified atom stereocenters. The van der Waals surface area contributed by atoms with Crippen LogP contribution in [0, 0.1) is 11.6 Å². The summed E-state index contributed by atoms with van der Waals surface area (Å²) in [6.45, 7) is 8.23. The molecular formula is C15H23F2NO. The van der Waals surface area contributed by atoms with Gasteiger partial charge in [0.25, 0.3) is 0 Å². The van der Waals surface area contributed by atoms with Gasteiger partial charge in [-0.15, -0.1) is 0 Å². The van der Waals surface area contributed by atoms with Crippen molar-refractivity contribution in [2.24, 2.45) is 0 Å². The first-order valence-corrected chi connectivity index (χ1v) is 6.82. The van der Waals surface area contributed by atoms with E-state index in [0.29, 0.717) is 12.1 Å². The van der Waals surface area contributed by atoms with Gasteiger partial charge in [0.2, 0.25) is 0 Å². The predicted octanol–water partition coefficient (Wildman–Crippen LogP) is 4.03. The van der Waals surface area contributed by atoms with Crippen LogP contribution in [0.4, 0.5) is 8.78 Å². The van der Waals surface area contributed by atoms with Crippen LogP contribution in [0.1, 0.15) is 46.1 Å². The number of nitrogens with one attached hydrogen (secondary N) is 1. The lowest BCUT2D eigenvalue weighted by Crippen LogP contribution is -2.22. The van der Waals surface area contributed by atoms with Gasteiger partial charge < -0.3 is 10.1 Å². The number of rotatable bonds is 7. The van der Waals surface area contributed by atoms with Crippen LogP contribution in [0.15, 0.2) is 12.1 Å². The van der Waals surface area contributed by atoms with E-state index >= 15 is 0 Å². The van der Waals surface area contributed by atoms with Gasteiger partial charge in [0.1, 0.15) is 0 Å². The van der Waals surface area contributed by atoms with Crippen molar-refractivity contribution in [3.05, 3.63) is 29.3 Å². The van der Waals surface area contributed by atoms with Crippen LogP contribution >= 0.6 is 0 Å². The Labute approximate surface area is 114 Å². The monoisotopic (exact) mass is 271 g/mol. The van der Waals surface area contributed by atoms with Gasteiger partial charge in [0.05, 0.1) is 6.10 Å². The third-order valence-electron chi connectivity index (χ3n) is 2.79. The van der Waals surface area contributed by atoms with Gasteiger partial charge >= 0.3 is 0 Å². The van der Waals surface area contributed by atoms with Crippen LogP contribution in [0.2, 0.25) is 0 Å². The van der Waals surface area contributed by atoms with Crippen LogP contribution < -0.4 is 10.1 Å². The van der Waals surface area contributed by atoms with Crippen molar-refractivity contribution in [3.63, 3.8) is 0 Å². The molecular weight excluding hydrogens is 248 g/mol. The summed E-state index contributed by atoms with van der Waals surface area (Å²) in [6.07, 6.45) is 1.50. The molecule has 1 aromatic rings. The van der Waals surface area contributed by atoms with Crippen LogP contribution in [0.5, 0.6) is 5.75 Å². The van der Waals surface area contributed by atoms with Crippen LogP contribution in [0.3, 0.4) is 0 Å². The van der Waals surface area contributed by atoms with E-state index in [-0.39, 0.29) is 17.9 Å². The van der Waals surface area contributed by atoms with E-state index in [1.54, 1.807) is 0 Å². The number of benzene rings is 1. The molecule has 1 rings (SSSR count). The van der Waals surface area contributed by atoms with Crippen LogP contribution in [-0.2, 0) is 6.54 Å². The maximum atomic E-state index is 13.8. The molecule has 2 nitrogen and oxygen atoms in total. The minimum Gasteiger partial charge on any atom is -0.485 e. The van der Waals surface area contributed by atoms with Crippen LogP contribution in [0.25, 0.3) is 0 Å². The Bertz CT molecular complexity index is 384. The molecule has 0 amide bonds. The third kappa shape index (κ3) is 5.15. The Morgan fingerprint density at radius 3 is 2.21 bits per heavy atom. The highest BCUT2D eigenvalue weighted by molar-refractivity contribution is 5.31. The number of hydrogen-bond acceptors (Lipinski definition) is 2. The molecule has 1 atom stereocenters. The molecule has 0 saturated carbocycles. The van der Waals surface area contributed by atoms with E-state index < -0.39 is 11.6 Å². The molecule has 0 aliphatic heterocycles. The van der Waals surface area contributed by atoms with Crippen molar-refractivity contribution >= 4 is 0 Å². The second-order valence-electron chi connectivity index (χ2n) is 5.14. The van der Waals surface area contributed by atoms with Gasteiger partial charge in [-0.25, -0.2) is 8.78 Å². The second kappa shape index (κ2) is 7.43. The number of halogens is 2. The Morgan fingerprint density at radius 2 is 1.74 bits per heavy atom. The van der Waals surface area contributed by atoms with E-state index in [1.807, 2.05) is 27.7 Å². The topological polar surface area (TPSA) is 21.3 Å². The summed E-state index contributed by atoms with van der Waals surface area (Å²) in [6, 6.07) is 2.92. The van der Waals surface area contributed by atoms with Crippen molar-refractivity contribution in [2.45, 2.75) is 59.2 Å². The molecule has 0 bridgehead atoms. The second-order valence-corrected chi connectivity index (χ2v) is 5.14. The molecule has 0 saturated heterocycles. The van der Waals surface area contributed by atoms with Crippen molar-refractivity contribution in [2.75, 3.05) is 0 Å². The fraction of sp³-hybridized carbons (Fsp3) is 0.600. The van der Waals surface area contributed by atoms with Gasteiger partial charge in [-0.1, -0.05) is 27.2 Å². The maximum absolute atomic E-state index is 13.8. The molecule has 0 aliphatic rings. The Balaban J connectivity index is 2.79. The van der Waals surface area contributed by atoms with Crippen molar-refractivity contribution < 1.29 is 13.5 Å². The Kier molecular flexibility index (Phi) is 6.22. The Hall–Kier alpha value is -1.16. The van der Waals surface area contributed by atoms with Gasteiger partial charge in [0.15, 0.2) is 17.4 Å². The van der Waals surface area contributed by atoms with Gasteiger partial charge in [-0.05, 0) is 31.0 Å². The molecule has 0 heterocycles. The minimum atomic E-state index is -0.636. The zero-order valence-electron chi connectivity index (χ0n) is 12.1. The molecule has 0 radical (unpaired) electrons. The molecule has 0 fully saturated rings. The largest absolute Gasteiger partial charge is 0.485 e. The minimum absolute atomic E-state index is 0.186. The van der Waals surface area contributed by atoms with Crippen molar-refractivity contribution in [3.8, 4) is 5.75 Å². The average molecular weight is 271 g/mol. The molecule has 0 aliphatic carbocycles. The van der Waals surface area contributed by atoms with E-state index in [9.17, 15) is 8.78 Å². The number of ether oxygens (including phenoxy) is 1. The first kappa shape index (κ1) is 15.9. The molecule has 0 spiro atoms. The lowest BCUT2D eigenvalue weighted by atomic mass is 10.1. The summed E-state index contributed by atoms with van der Waals surface area (Å²) in [5.74, 6) is -1.54. The normalized spacial score (nSPS) is 12.8. The first-order valence-electron chi connectivity index (χ1n) is 6.82. The van der Waals surface area contributed by atoms with Crippen molar-refractivity contribution in [1.82, 2.24) is 5.32 Å². The molecule has 4 heteroatoms. The molecule has 0 aromatic heterocycles. The smallest absolute Gasteiger partial charge is 0.191 e. The highest BCUT2D eigenvalue weighted by Crippen LogP contribution is 2.25. The predicted molar refractivity (Wildman–Crippen MR) is 73.3 cm³/mol. The summed E-state index contributed by atoms with van der Waals surface area (Å²) in [5, 5.41) is 3.12. The lowest BCUT2D eigenvalue weighted by molar-refractivity contribution is 0.191. The van der Waals surface area contributed by atoms with E-state index in [0.717, 1.165) is 12.8 Å². The van der Waals surface area contributed by atoms with E-state index in [1.165, 1.54) is 12.1 Å². The van der Waals surface area contributed by atoms with Crippen LogP contribution in [-0.4, -0.2) is 12.1 Å². The zero-order valence-corrected chi connectivity index (χ0v) is 12.1. The van der Waals surface area contributed by atoms with Crippen molar-refractivity contribution in [1.29, 1.82) is 0 Å². The fourth-order valence-corrected chi connectivity index (χ4v) is 1.82. The lowest BCUT2D eigenvalue weighted by Gasteiger charge is -2.16. The first-order chi connectivity index (χ1) is 8.93. The average Bonchev–Trinajstić information content (AvgIpc) is 2.31. The summed E-state index contributed by atoms with van der Waals surface area (Å²) in [4.78, 5) is 0. The third-order valence-corrected chi connectivity index (χ3v) is 2.79. The Morgan fingerprint density at radius 1 is 1.16 bits per heavy atom. The number of hydrogen-bond donors (Lipinski definition) is 1. The highest BCUT2D eigenvalue weighted by atomic mass is 19.1. The molecule has 108 valence electrons. The summed E-state index contributed by atoms with van der Waals surface area (Å²) < 4.78 is 33.0. The maximum Gasteiger partial charge on any atom is 0.191 e. The van der Waals surface area contributed by atoms with E-state index in [4.69, 9.17) is 4.74 Å². The molecule has 19 heavy (non-hydrogen) atoms.